The summed E-state index contributed by atoms with van der Waals surface area (Å²) in [5.41, 5.74) is 7.91. The molecule has 0 aromatic carbocycles. The first-order valence-corrected chi connectivity index (χ1v) is 3.74. The molecule has 3 N–H and O–H groups in total. The zero-order valence-electron chi connectivity index (χ0n) is 7.52. The van der Waals surface area contributed by atoms with E-state index in [0.29, 0.717) is 5.82 Å². The van der Waals surface area contributed by atoms with Crippen LogP contribution in [0.1, 0.15) is 32.0 Å². The van der Waals surface area contributed by atoms with Crippen molar-refractivity contribution >= 4 is 5.82 Å². The smallest absolute Gasteiger partial charge is 0.122 e. The van der Waals surface area contributed by atoms with Crippen LogP contribution in [0, 0.1) is 6.92 Å². The topological polar surface area (TPSA) is 54.7 Å². The Morgan fingerprint density at radius 1 is 1.36 bits per heavy atom. The molecule has 0 saturated carbocycles. The number of nitrogens with one attached hydrogen (secondary N) is 1. The maximum Gasteiger partial charge on any atom is 0.122 e. The third kappa shape index (κ3) is 1.37. The Hall–Kier alpha value is -0.990. The molecule has 0 unspecified atom stereocenters. The number of aromatic amines is 1. The lowest BCUT2D eigenvalue weighted by Crippen LogP contribution is -2.13. The summed E-state index contributed by atoms with van der Waals surface area (Å²) < 4.78 is 0. The molecule has 1 heterocycles. The second kappa shape index (κ2) is 2.26. The molecule has 11 heavy (non-hydrogen) atoms. The molecule has 1 rings (SSSR count). The Kier molecular flexibility index (Phi) is 1.66. The van der Waals surface area contributed by atoms with Crippen molar-refractivity contribution < 1.29 is 0 Å². The molecule has 0 amide bonds. The minimum Gasteiger partial charge on any atom is -0.384 e. The highest BCUT2D eigenvalue weighted by atomic mass is 15.2. The largest absolute Gasteiger partial charge is 0.384 e. The predicted molar refractivity (Wildman–Crippen MR) is 46.4 cm³/mol. The van der Waals surface area contributed by atoms with Gasteiger partial charge in [-0.3, -0.25) is 5.10 Å². The van der Waals surface area contributed by atoms with E-state index in [4.69, 9.17) is 5.73 Å². The van der Waals surface area contributed by atoms with Gasteiger partial charge in [0.1, 0.15) is 5.82 Å². The maximum atomic E-state index is 5.71. The predicted octanol–water partition coefficient (Wildman–Crippen LogP) is 1.60. The third-order valence-corrected chi connectivity index (χ3v) is 1.73. The molecule has 1 aromatic rings. The van der Waals surface area contributed by atoms with Gasteiger partial charge in [-0.1, -0.05) is 20.8 Å². The molecule has 0 saturated heterocycles. The lowest BCUT2D eigenvalue weighted by Gasteiger charge is -2.18. The van der Waals surface area contributed by atoms with E-state index in [0.717, 1.165) is 11.3 Å². The van der Waals surface area contributed by atoms with Gasteiger partial charge in [0, 0.05) is 5.56 Å². The number of nitrogens with two attached hydrogens (primary N) is 1. The average Bonchev–Trinajstić information content (AvgIpc) is 2.08. The SMILES string of the molecule is Cc1n[nH]c(N)c1C(C)(C)C. The summed E-state index contributed by atoms with van der Waals surface area (Å²) >= 11 is 0. The molecule has 0 bridgehead atoms. The summed E-state index contributed by atoms with van der Waals surface area (Å²) in [7, 11) is 0. The second-order valence-corrected chi connectivity index (χ2v) is 3.85. The van der Waals surface area contributed by atoms with E-state index in [2.05, 4.69) is 31.0 Å². The average molecular weight is 153 g/mol. The minimum atomic E-state index is 0.0845. The van der Waals surface area contributed by atoms with Gasteiger partial charge >= 0.3 is 0 Å². The van der Waals surface area contributed by atoms with Crippen molar-refractivity contribution in [1.82, 2.24) is 10.2 Å². The fraction of sp³-hybridized carbons (Fsp3) is 0.625. The fourth-order valence-corrected chi connectivity index (χ4v) is 1.40. The normalized spacial score (nSPS) is 12.0. The highest BCUT2D eigenvalue weighted by Gasteiger charge is 2.21. The van der Waals surface area contributed by atoms with Crippen molar-refractivity contribution in [2.75, 3.05) is 5.73 Å². The molecule has 0 spiro atoms. The van der Waals surface area contributed by atoms with Gasteiger partial charge < -0.3 is 5.73 Å². The standard InChI is InChI=1S/C8H15N3/c1-5-6(8(2,3)4)7(9)11-10-5/h1-4H3,(H3,9,10,11). The van der Waals surface area contributed by atoms with Gasteiger partial charge in [0.2, 0.25) is 0 Å². The molecular formula is C8H15N3. The number of hydrogen-bond donors (Lipinski definition) is 2. The van der Waals surface area contributed by atoms with Gasteiger partial charge in [0.15, 0.2) is 0 Å². The van der Waals surface area contributed by atoms with Gasteiger partial charge in [-0.25, -0.2) is 0 Å². The quantitative estimate of drug-likeness (QED) is 0.594. The van der Waals surface area contributed by atoms with Crippen LogP contribution in [0.2, 0.25) is 0 Å². The van der Waals surface area contributed by atoms with Gasteiger partial charge in [-0.2, -0.15) is 5.10 Å². The first-order chi connectivity index (χ1) is 4.93. The van der Waals surface area contributed by atoms with Crippen molar-refractivity contribution in [3.63, 3.8) is 0 Å². The summed E-state index contributed by atoms with van der Waals surface area (Å²) in [5.74, 6) is 0.690. The molecule has 0 aliphatic heterocycles. The molecule has 0 aliphatic rings. The maximum absolute atomic E-state index is 5.71. The van der Waals surface area contributed by atoms with Crippen LogP contribution < -0.4 is 5.73 Å². The van der Waals surface area contributed by atoms with Crippen LogP contribution in [-0.4, -0.2) is 10.2 Å². The van der Waals surface area contributed by atoms with Crippen LogP contribution in [-0.2, 0) is 5.41 Å². The molecule has 0 fully saturated rings. The Bertz CT molecular complexity index is 235. The zero-order valence-corrected chi connectivity index (χ0v) is 7.52. The van der Waals surface area contributed by atoms with Crippen LogP contribution in [0.4, 0.5) is 5.82 Å². The fourth-order valence-electron chi connectivity index (χ4n) is 1.40. The number of aromatic nitrogens is 2. The van der Waals surface area contributed by atoms with Crippen molar-refractivity contribution in [2.45, 2.75) is 33.1 Å². The number of nitrogens with zero attached hydrogens (tertiary/aromatic N) is 1. The number of anilines is 1. The van der Waals surface area contributed by atoms with Crippen molar-refractivity contribution in [3.05, 3.63) is 11.3 Å². The van der Waals surface area contributed by atoms with E-state index < -0.39 is 0 Å². The van der Waals surface area contributed by atoms with Crippen LogP contribution in [0.3, 0.4) is 0 Å². The van der Waals surface area contributed by atoms with Crippen LogP contribution in [0.5, 0.6) is 0 Å². The Morgan fingerprint density at radius 2 is 1.91 bits per heavy atom. The Labute approximate surface area is 67.0 Å². The monoisotopic (exact) mass is 153 g/mol. The Morgan fingerprint density at radius 3 is 2.09 bits per heavy atom. The highest BCUT2D eigenvalue weighted by molar-refractivity contribution is 5.45. The third-order valence-electron chi connectivity index (χ3n) is 1.73. The van der Waals surface area contributed by atoms with E-state index >= 15 is 0 Å². The van der Waals surface area contributed by atoms with Gasteiger partial charge in [-0.15, -0.1) is 0 Å². The number of nitrogen functional groups attached to an aromatic ring is 1. The van der Waals surface area contributed by atoms with Crippen LogP contribution in [0.25, 0.3) is 0 Å². The van der Waals surface area contributed by atoms with Gasteiger partial charge in [-0.05, 0) is 12.3 Å². The van der Waals surface area contributed by atoms with E-state index in [1.54, 1.807) is 0 Å². The van der Waals surface area contributed by atoms with Gasteiger partial charge in [0.05, 0.1) is 5.69 Å². The van der Waals surface area contributed by atoms with Crippen molar-refractivity contribution in [1.29, 1.82) is 0 Å². The molecule has 62 valence electrons. The molecule has 0 atom stereocenters. The summed E-state index contributed by atoms with van der Waals surface area (Å²) in [6.45, 7) is 8.34. The van der Waals surface area contributed by atoms with Crippen LogP contribution in [0.15, 0.2) is 0 Å². The first kappa shape index (κ1) is 8.11. The summed E-state index contributed by atoms with van der Waals surface area (Å²) in [6.07, 6.45) is 0. The zero-order chi connectivity index (χ0) is 8.65. The first-order valence-electron chi connectivity index (χ1n) is 3.74. The molecule has 0 aliphatic carbocycles. The molecule has 1 aromatic heterocycles. The summed E-state index contributed by atoms with van der Waals surface area (Å²) in [6, 6.07) is 0. The Balaban J connectivity index is 3.21. The minimum absolute atomic E-state index is 0.0845. The van der Waals surface area contributed by atoms with Crippen molar-refractivity contribution in [3.8, 4) is 0 Å². The summed E-state index contributed by atoms with van der Waals surface area (Å²) in [5, 5.41) is 6.80. The molecule has 3 heteroatoms. The molecular weight excluding hydrogens is 138 g/mol. The number of aryl methyl sites for hydroxylation is 1. The number of rotatable bonds is 0. The van der Waals surface area contributed by atoms with E-state index in [1.165, 1.54) is 0 Å². The molecule has 0 radical (unpaired) electrons. The number of H-pyrrole nitrogens is 1. The van der Waals surface area contributed by atoms with Crippen molar-refractivity contribution in [2.24, 2.45) is 0 Å². The lowest BCUT2D eigenvalue weighted by molar-refractivity contribution is 0.588. The second-order valence-electron chi connectivity index (χ2n) is 3.85. The number of hydrogen-bond acceptors (Lipinski definition) is 2. The van der Waals surface area contributed by atoms with Gasteiger partial charge in [0.25, 0.3) is 0 Å². The molecule has 3 nitrogen and oxygen atoms in total. The lowest BCUT2D eigenvalue weighted by atomic mass is 9.87. The van der Waals surface area contributed by atoms with E-state index in [-0.39, 0.29) is 5.41 Å². The van der Waals surface area contributed by atoms with Crippen LogP contribution >= 0.6 is 0 Å². The van der Waals surface area contributed by atoms with E-state index in [9.17, 15) is 0 Å². The summed E-state index contributed by atoms with van der Waals surface area (Å²) in [4.78, 5) is 0. The van der Waals surface area contributed by atoms with E-state index in [1.807, 2.05) is 6.92 Å². The highest BCUT2D eigenvalue weighted by Crippen LogP contribution is 2.28.